The lowest BCUT2D eigenvalue weighted by Crippen LogP contribution is -2.39. The Hall–Kier alpha value is -0.450. The van der Waals surface area contributed by atoms with Crippen LogP contribution in [0.5, 0.6) is 0 Å². The maximum absolute atomic E-state index is 5.71. The summed E-state index contributed by atoms with van der Waals surface area (Å²) in [6, 6.07) is 2.11. The topological polar surface area (TPSA) is 28.4 Å². The third-order valence-corrected chi connectivity index (χ3v) is 4.80. The highest BCUT2D eigenvalue weighted by atomic mass is 32.2. The van der Waals surface area contributed by atoms with Crippen molar-refractivity contribution in [1.29, 1.82) is 0 Å². The molecular weight excluding hydrogens is 268 g/mol. The number of nitrogens with zero attached hydrogens (tertiary/aromatic N) is 1. The molecule has 1 saturated heterocycles. The van der Waals surface area contributed by atoms with E-state index in [2.05, 4.69) is 55.7 Å². The lowest BCUT2D eigenvalue weighted by atomic mass is 10.2. The van der Waals surface area contributed by atoms with Gasteiger partial charge in [-0.05, 0) is 18.5 Å². The van der Waals surface area contributed by atoms with Crippen LogP contribution >= 0.6 is 11.8 Å². The zero-order chi connectivity index (χ0) is 14.5. The summed E-state index contributed by atoms with van der Waals surface area (Å²) in [5.74, 6) is 1.82. The summed E-state index contributed by atoms with van der Waals surface area (Å²) < 4.78 is 5.71. The van der Waals surface area contributed by atoms with Crippen molar-refractivity contribution >= 4 is 11.8 Å². The van der Waals surface area contributed by atoms with Crippen molar-refractivity contribution in [3.05, 3.63) is 23.7 Å². The van der Waals surface area contributed by atoms with E-state index in [1.165, 1.54) is 5.56 Å². The number of thioether (sulfide) groups is 1. The molecule has 1 aromatic rings. The highest BCUT2D eigenvalue weighted by Crippen LogP contribution is 2.26. The first-order valence-corrected chi connectivity index (χ1v) is 8.62. The largest absolute Gasteiger partial charge is 0.468 e. The first-order valence-electron chi connectivity index (χ1n) is 7.68. The molecule has 114 valence electrons. The zero-order valence-electron chi connectivity index (χ0n) is 13.2. The summed E-state index contributed by atoms with van der Waals surface area (Å²) in [6.45, 7) is 14.3. The molecule has 20 heavy (non-hydrogen) atoms. The fraction of sp³-hybridized carbons (Fsp3) is 0.750. The van der Waals surface area contributed by atoms with Gasteiger partial charge < -0.3 is 9.73 Å². The SMILES string of the molecule is CC(C)CNCc1ccoc1CN1CC(C)SC(C)C1. The van der Waals surface area contributed by atoms with Gasteiger partial charge in [-0.15, -0.1) is 0 Å². The molecule has 2 rings (SSSR count). The van der Waals surface area contributed by atoms with E-state index >= 15 is 0 Å². The van der Waals surface area contributed by atoms with Gasteiger partial charge in [-0.3, -0.25) is 4.90 Å². The number of furan rings is 1. The van der Waals surface area contributed by atoms with E-state index in [0.717, 1.165) is 49.0 Å². The second-order valence-electron chi connectivity index (χ2n) is 6.35. The number of hydrogen-bond acceptors (Lipinski definition) is 4. The normalized spacial score (nSPS) is 24.4. The van der Waals surface area contributed by atoms with Crippen LogP contribution in [-0.4, -0.2) is 35.0 Å². The molecule has 0 amide bonds. The lowest BCUT2D eigenvalue weighted by Gasteiger charge is -2.34. The van der Waals surface area contributed by atoms with E-state index in [4.69, 9.17) is 4.42 Å². The molecule has 4 heteroatoms. The van der Waals surface area contributed by atoms with Gasteiger partial charge in [-0.1, -0.05) is 27.7 Å². The molecule has 0 aromatic carbocycles. The average Bonchev–Trinajstić information content (AvgIpc) is 2.75. The van der Waals surface area contributed by atoms with E-state index in [1.54, 1.807) is 0 Å². The van der Waals surface area contributed by atoms with E-state index in [0.29, 0.717) is 5.92 Å². The second kappa shape index (κ2) is 7.53. The summed E-state index contributed by atoms with van der Waals surface area (Å²) in [6.07, 6.45) is 1.83. The standard InChI is InChI=1S/C16H28N2OS/c1-12(2)7-17-8-15-5-6-19-16(15)11-18-9-13(3)20-14(4)10-18/h5-6,12-14,17H,7-11H2,1-4H3. The van der Waals surface area contributed by atoms with Gasteiger partial charge in [0, 0.05) is 35.7 Å². The van der Waals surface area contributed by atoms with Crippen molar-refractivity contribution in [3.63, 3.8) is 0 Å². The Morgan fingerprint density at radius 3 is 2.70 bits per heavy atom. The molecule has 0 bridgehead atoms. The van der Waals surface area contributed by atoms with Crippen molar-refractivity contribution in [2.75, 3.05) is 19.6 Å². The van der Waals surface area contributed by atoms with Crippen molar-refractivity contribution in [2.45, 2.75) is 51.3 Å². The molecule has 2 unspecified atom stereocenters. The second-order valence-corrected chi connectivity index (χ2v) is 8.23. The van der Waals surface area contributed by atoms with Crippen LogP contribution in [0.4, 0.5) is 0 Å². The van der Waals surface area contributed by atoms with Crippen molar-refractivity contribution in [3.8, 4) is 0 Å². The van der Waals surface area contributed by atoms with Gasteiger partial charge in [0.05, 0.1) is 12.8 Å². The van der Waals surface area contributed by atoms with Gasteiger partial charge in [0.15, 0.2) is 0 Å². The van der Waals surface area contributed by atoms with Gasteiger partial charge >= 0.3 is 0 Å². The first kappa shape index (κ1) is 15.9. The number of nitrogens with one attached hydrogen (secondary N) is 1. The van der Waals surface area contributed by atoms with Crippen LogP contribution in [0.25, 0.3) is 0 Å². The van der Waals surface area contributed by atoms with Gasteiger partial charge in [0.1, 0.15) is 5.76 Å². The van der Waals surface area contributed by atoms with Crippen LogP contribution in [0.3, 0.4) is 0 Å². The van der Waals surface area contributed by atoms with Gasteiger partial charge in [-0.2, -0.15) is 11.8 Å². The summed E-state index contributed by atoms with van der Waals surface area (Å²) >= 11 is 2.09. The monoisotopic (exact) mass is 296 g/mol. The van der Waals surface area contributed by atoms with Crippen molar-refractivity contribution < 1.29 is 4.42 Å². The Kier molecular flexibility index (Phi) is 6.00. The maximum atomic E-state index is 5.71. The molecule has 0 aliphatic carbocycles. The average molecular weight is 296 g/mol. The minimum absolute atomic E-state index is 0.686. The zero-order valence-corrected chi connectivity index (χ0v) is 14.0. The van der Waals surface area contributed by atoms with E-state index in [-0.39, 0.29) is 0 Å². The third-order valence-electron chi connectivity index (χ3n) is 3.57. The molecule has 1 aliphatic heterocycles. The van der Waals surface area contributed by atoms with Gasteiger partial charge in [0.25, 0.3) is 0 Å². The lowest BCUT2D eigenvalue weighted by molar-refractivity contribution is 0.240. The summed E-state index contributed by atoms with van der Waals surface area (Å²) in [7, 11) is 0. The smallest absolute Gasteiger partial charge is 0.122 e. The third kappa shape index (κ3) is 4.83. The van der Waals surface area contributed by atoms with E-state index in [1.807, 2.05) is 6.26 Å². The molecule has 1 fully saturated rings. The van der Waals surface area contributed by atoms with Gasteiger partial charge in [0.2, 0.25) is 0 Å². The molecule has 0 radical (unpaired) electrons. The molecule has 2 heterocycles. The molecule has 2 atom stereocenters. The van der Waals surface area contributed by atoms with Crippen LogP contribution < -0.4 is 5.32 Å². The quantitative estimate of drug-likeness (QED) is 0.871. The molecule has 1 aliphatic rings. The Balaban J connectivity index is 1.88. The Morgan fingerprint density at radius 1 is 1.35 bits per heavy atom. The summed E-state index contributed by atoms with van der Waals surface area (Å²) in [4.78, 5) is 2.52. The minimum atomic E-state index is 0.686. The van der Waals surface area contributed by atoms with Crippen LogP contribution in [0.1, 0.15) is 39.0 Å². The van der Waals surface area contributed by atoms with Crippen molar-refractivity contribution in [2.24, 2.45) is 5.92 Å². The van der Waals surface area contributed by atoms with Crippen LogP contribution in [-0.2, 0) is 13.1 Å². The highest BCUT2D eigenvalue weighted by molar-refractivity contribution is 8.00. The molecular formula is C16H28N2OS. The summed E-state index contributed by atoms with van der Waals surface area (Å²) in [5.41, 5.74) is 1.31. The Morgan fingerprint density at radius 2 is 2.05 bits per heavy atom. The minimum Gasteiger partial charge on any atom is -0.468 e. The fourth-order valence-corrected chi connectivity index (χ4v) is 4.16. The Bertz CT molecular complexity index is 395. The summed E-state index contributed by atoms with van der Waals surface area (Å²) in [5, 5.41) is 4.94. The molecule has 1 N–H and O–H groups in total. The van der Waals surface area contributed by atoms with E-state index in [9.17, 15) is 0 Å². The first-order chi connectivity index (χ1) is 9.54. The predicted molar refractivity (Wildman–Crippen MR) is 87.0 cm³/mol. The van der Waals surface area contributed by atoms with Crippen LogP contribution in [0.2, 0.25) is 0 Å². The number of rotatable bonds is 6. The number of hydrogen-bond donors (Lipinski definition) is 1. The molecule has 3 nitrogen and oxygen atoms in total. The predicted octanol–water partition coefficient (Wildman–Crippen LogP) is 3.35. The molecule has 0 spiro atoms. The molecule has 1 aromatic heterocycles. The fourth-order valence-electron chi connectivity index (χ4n) is 2.78. The van der Waals surface area contributed by atoms with Crippen LogP contribution in [0, 0.1) is 5.92 Å². The molecule has 0 saturated carbocycles. The Labute approximate surface area is 127 Å². The van der Waals surface area contributed by atoms with E-state index < -0.39 is 0 Å². The van der Waals surface area contributed by atoms with Gasteiger partial charge in [-0.25, -0.2) is 0 Å². The van der Waals surface area contributed by atoms with Crippen LogP contribution in [0.15, 0.2) is 16.7 Å². The highest BCUT2D eigenvalue weighted by Gasteiger charge is 2.23. The maximum Gasteiger partial charge on any atom is 0.122 e. The van der Waals surface area contributed by atoms with Crippen molar-refractivity contribution in [1.82, 2.24) is 10.2 Å².